The van der Waals surface area contributed by atoms with Crippen LogP contribution in [0.3, 0.4) is 0 Å². The largest absolute Gasteiger partial charge is 0.463 e. The van der Waals surface area contributed by atoms with Gasteiger partial charge in [0.05, 0.1) is 12.8 Å². The third-order valence-electron chi connectivity index (χ3n) is 14.1. The Hall–Kier alpha value is -4.08. The summed E-state index contributed by atoms with van der Waals surface area (Å²) >= 11 is 0. The van der Waals surface area contributed by atoms with Gasteiger partial charge in [-0.05, 0) is 55.9 Å². The van der Waals surface area contributed by atoms with Gasteiger partial charge in [0, 0.05) is 26.2 Å². The van der Waals surface area contributed by atoms with Gasteiger partial charge in [0.25, 0.3) is 0 Å². The normalized spacial score (nSPS) is 18.7. The minimum absolute atomic E-state index is 0.0128. The molecule has 1 heterocycles. The lowest BCUT2D eigenvalue weighted by Crippen LogP contribution is -2.61. The Kier molecular flexibility index (Phi) is 31.2. The van der Waals surface area contributed by atoms with Gasteiger partial charge < -0.3 is 48.3 Å². The molecule has 1 aliphatic carbocycles. The van der Waals surface area contributed by atoms with Crippen LogP contribution in [0.25, 0.3) is 11.1 Å². The molecule has 1 fully saturated rings. The molecule has 6 atom stereocenters. The van der Waals surface area contributed by atoms with E-state index in [1.807, 2.05) is 48.5 Å². The molecule has 0 aromatic heterocycles. The van der Waals surface area contributed by atoms with Gasteiger partial charge in [-0.15, -0.1) is 0 Å². The van der Waals surface area contributed by atoms with Gasteiger partial charge in [0.1, 0.15) is 49.8 Å². The number of fused-ring (bicyclic) bond motifs is 3. The van der Waals surface area contributed by atoms with E-state index < -0.39 is 73.0 Å². The molecule has 14 nitrogen and oxygen atoms in total. The minimum Gasteiger partial charge on any atom is -0.463 e. The molecule has 4 rings (SSSR count). The van der Waals surface area contributed by atoms with Crippen LogP contribution < -0.4 is 5.32 Å². The molecule has 14 heteroatoms. The minimum atomic E-state index is -1.39. The number of esters is 3. The Bertz CT molecular complexity index is 1860. The molecule has 1 aliphatic heterocycles. The summed E-state index contributed by atoms with van der Waals surface area (Å²) in [6.07, 6.45) is 23.3. The molecular formula is C61H97NO13. The zero-order valence-electron chi connectivity index (χ0n) is 46.9. The summed E-state index contributed by atoms with van der Waals surface area (Å²) in [5.74, 6) is -2.56. The lowest BCUT2D eigenvalue weighted by molar-refractivity contribution is -0.311. The number of carbonyl (C=O) groups excluding carboxylic acids is 4. The van der Waals surface area contributed by atoms with Crippen molar-refractivity contribution < 1.29 is 62.2 Å². The second-order valence-corrected chi connectivity index (χ2v) is 21.6. The predicted molar refractivity (Wildman–Crippen MR) is 292 cm³/mol. The maximum Gasteiger partial charge on any atom is 0.407 e. The maximum atomic E-state index is 13.2. The lowest BCUT2D eigenvalue weighted by Gasteiger charge is -2.43. The number of benzene rings is 2. The number of carbonyl (C=O) groups is 4. The van der Waals surface area contributed by atoms with E-state index >= 15 is 0 Å². The molecule has 0 spiro atoms. The van der Waals surface area contributed by atoms with Gasteiger partial charge in [0.15, 0.2) is 12.3 Å². The third kappa shape index (κ3) is 24.4. The van der Waals surface area contributed by atoms with E-state index in [9.17, 15) is 24.3 Å². The number of nitrogens with one attached hydrogen (secondary N) is 1. The molecule has 0 unspecified atom stereocenters. The summed E-state index contributed by atoms with van der Waals surface area (Å²) in [6.45, 7) is 9.58. The second-order valence-electron chi connectivity index (χ2n) is 21.6. The van der Waals surface area contributed by atoms with Crippen molar-refractivity contribution in [3.63, 3.8) is 0 Å². The van der Waals surface area contributed by atoms with Crippen LogP contribution in [-0.4, -0.2) is 112 Å². The quantitative estimate of drug-likeness (QED) is 0.0367. The van der Waals surface area contributed by atoms with Crippen LogP contribution in [0.15, 0.2) is 48.5 Å². The van der Waals surface area contributed by atoms with Crippen molar-refractivity contribution in [2.75, 3.05) is 40.1 Å². The van der Waals surface area contributed by atoms with Crippen LogP contribution in [0, 0.1) is 0 Å². The van der Waals surface area contributed by atoms with Crippen LogP contribution in [0.5, 0.6) is 0 Å². The summed E-state index contributed by atoms with van der Waals surface area (Å²) in [6, 6.07) is 14.5. The Morgan fingerprint density at radius 3 is 1.49 bits per heavy atom. The van der Waals surface area contributed by atoms with Crippen molar-refractivity contribution in [2.45, 2.75) is 250 Å². The molecule has 424 valence electrons. The lowest BCUT2D eigenvalue weighted by atomic mass is 9.98. The summed E-state index contributed by atoms with van der Waals surface area (Å²) in [5, 5.41) is 14.2. The summed E-state index contributed by atoms with van der Waals surface area (Å²) in [4.78, 5) is 52.4. The number of unbranched alkanes of at least 4 members (excludes halogenated alkanes) is 22. The van der Waals surface area contributed by atoms with Crippen LogP contribution in [-0.2, 0) is 52.3 Å². The molecule has 0 saturated carbocycles. The standard InChI is InChI=1S/C61H97NO13/c1-7-9-11-13-15-17-19-21-23-25-27-33-41-69-56-55(65)52(74-59(68-6)57(56)70-42-34-28-26-24-22-20-18-16-14-12-10-8-2)45-72-54(64)40-39-53(63)71-44-51(58(66)75-61(3,4)5)62-60(67)73-43-50-48-37-31-29-35-46(48)47-36-30-32-38-49(47)50/h29-32,35-38,50-52,55-57,59,65H,7-28,33-34,39-45H2,1-6H3,(H,62,67)/t51-,52+,55+,56-,57+,59-/m0/s1. The highest BCUT2D eigenvalue weighted by Crippen LogP contribution is 2.44. The van der Waals surface area contributed by atoms with Crippen molar-refractivity contribution in [3.05, 3.63) is 59.7 Å². The molecule has 0 radical (unpaired) electrons. The molecule has 1 amide bonds. The maximum absolute atomic E-state index is 13.2. The van der Waals surface area contributed by atoms with Crippen LogP contribution in [0.1, 0.15) is 219 Å². The fraction of sp³-hybridized carbons (Fsp3) is 0.738. The highest BCUT2D eigenvalue weighted by Gasteiger charge is 2.47. The van der Waals surface area contributed by atoms with Crippen molar-refractivity contribution in [1.29, 1.82) is 0 Å². The van der Waals surface area contributed by atoms with E-state index in [0.717, 1.165) is 60.8 Å². The second kappa shape index (κ2) is 36.9. The Morgan fingerprint density at radius 1 is 0.587 bits per heavy atom. The van der Waals surface area contributed by atoms with E-state index in [4.69, 9.17) is 37.9 Å². The average molecular weight is 1050 g/mol. The molecule has 0 bridgehead atoms. The van der Waals surface area contributed by atoms with Gasteiger partial charge in [-0.1, -0.05) is 204 Å². The smallest absolute Gasteiger partial charge is 0.407 e. The molecule has 2 aliphatic rings. The Labute approximate surface area is 450 Å². The number of ether oxygens (including phenoxy) is 8. The summed E-state index contributed by atoms with van der Waals surface area (Å²) < 4.78 is 46.7. The Morgan fingerprint density at radius 2 is 1.03 bits per heavy atom. The summed E-state index contributed by atoms with van der Waals surface area (Å²) in [7, 11) is 1.51. The fourth-order valence-corrected chi connectivity index (χ4v) is 9.93. The fourth-order valence-electron chi connectivity index (χ4n) is 9.93. The van der Waals surface area contributed by atoms with Gasteiger partial charge in [0.2, 0.25) is 0 Å². The predicted octanol–water partition coefficient (Wildman–Crippen LogP) is 13.0. The van der Waals surface area contributed by atoms with Crippen molar-refractivity contribution >= 4 is 24.0 Å². The number of methoxy groups -OCH3 is 1. The van der Waals surface area contributed by atoms with Crippen molar-refractivity contribution in [3.8, 4) is 11.1 Å². The Balaban J connectivity index is 1.23. The molecule has 2 aromatic carbocycles. The van der Waals surface area contributed by atoms with Crippen LogP contribution in [0.4, 0.5) is 4.79 Å². The zero-order chi connectivity index (χ0) is 54.1. The van der Waals surface area contributed by atoms with E-state index in [2.05, 4.69) is 19.2 Å². The first-order chi connectivity index (χ1) is 36.4. The number of hydrogen-bond acceptors (Lipinski definition) is 13. The number of alkyl carbamates (subject to hydrolysis) is 1. The topological polar surface area (TPSA) is 174 Å². The first-order valence-corrected chi connectivity index (χ1v) is 29.1. The van der Waals surface area contributed by atoms with Crippen molar-refractivity contribution in [1.82, 2.24) is 5.32 Å². The first-order valence-electron chi connectivity index (χ1n) is 29.1. The number of aliphatic hydroxyl groups excluding tert-OH is 1. The molecule has 75 heavy (non-hydrogen) atoms. The van der Waals surface area contributed by atoms with E-state index in [1.165, 1.54) is 123 Å². The molecule has 2 N–H and O–H groups in total. The van der Waals surface area contributed by atoms with Gasteiger partial charge >= 0.3 is 24.0 Å². The molecule has 2 aromatic rings. The summed E-state index contributed by atoms with van der Waals surface area (Å²) in [5.41, 5.74) is 3.30. The highest BCUT2D eigenvalue weighted by atomic mass is 16.7. The van der Waals surface area contributed by atoms with Crippen molar-refractivity contribution in [2.24, 2.45) is 0 Å². The third-order valence-corrected chi connectivity index (χ3v) is 14.1. The number of amides is 1. The van der Waals surface area contributed by atoms with Crippen LogP contribution in [0.2, 0.25) is 0 Å². The number of hydrogen-bond donors (Lipinski definition) is 2. The first kappa shape index (κ1) is 63.5. The van der Waals surface area contributed by atoms with E-state index in [-0.39, 0.29) is 32.0 Å². The highest BCUT2D eigenvalue weighted by molar-refractivity contribution is 5.83. The van der Waals surface area contributed by atoms with E-state index in [1.54, 1.807) is 20.8 Å². The van der Waals surface area contributed by atoms with Crippen LogP contribution >= 0.6 is 0 Å². The van der Waals surface area contributed by atoms with Gasteiger partial charge in [-0.3, -0.25) is 9.59 Å². The zero-order valence-corrected chi connectivity index (χ0v) is 46.9. The van der Waals surface area contributed by atoms with Gasteiger partial charge in [-0.25, -0.2) is 9.59 Å². The monoisotopic (exact) mass is 1050 g/mol. The van der Waals surface area contributed by atoms with Gasteiger partial charge in [-0.2, -0.15) is 0 Å². The molecule has 1 saturated heterocycles. The molecular weight excluding hydrogens is 955 g/mol. The number of aliphatic hydroxyl groups is 1. The SMILES string of the molecule is CCCCCCCCCCCCCCO[C@H]1[C@@H](OC)O[C@H](COC(=O)CCC(=O)OC[C@H](NC(=O)OCC2c3ccccc3-c3ccccc32)C(=O)OC(C)(C)C)[C@@H](O)[C@@H]1OCCCCCCCCCCCCCC. The average Bonchev–Trinajstić information content (AvgIpc) is 3.71. The number of rotatable bonds is 40. The van der Waals surface area contributed by atoms with E-state index in [0.29, 0.717) is 13.2 Å².